The number of hydrogen-bond donors (Lipinski definition) is 1. The van der Waals surface area contributed by atoms with E-state index in [9.17, 15) is 0 Å². The highest BCUT2D eigenvalue weighted by Crippen LogP contribution is 2.30. The number of rotatable bonds is 5. The average Bonchev–Trinajstić information content (AvgIpc) is 3.13. The maximum atomic E-state index is 3.69. The molecule has 5 atom stereocenters. The highest BCUT2D eigenvalue weighted by atomic mass is 15.2. The molecular formula is C16H32N2. The lowest BCUT2D eigenvalue weighted by atomic mass is 9.83. The van der Waals surface area contributed by atoms with Crippen LogP contribution in [0.25, 0.3) is 0 Å². The summed E-state index contributed by atoms with van der Waals surface area (Å²) in [5.41, 5.74) is 0. The van der Waals surface area contributed by atoms with Gasteiger partial charge < -0.3 is 5.32 Å². The Kier molecular flexibility index (Phi) is 4.71. The Bertz CT molecular complexity index is 262. The van der Waals surface area contributed by atoms with Crippen LogP contribution in [-0.2, 0) is 0 Å². The second kappa shape index (κ2) is 5.92. The summed E-state index contributed by atoms with van der Waals surface area (Å²) in [6.07, 6.45) is 4.20. The molecule has 1 aliphatic carbocycles. The van der Waals surface area contributed by atoms with Crippen molar-refractivity contribution < 1.29 is 0 Å². The van der Waals surface area contributed by atoms with Crippen LogP contribution in [0, 0.1) is 17.8 Å². The smallest absolute Gasteiger partial charge is 0.0108 e. The van der Waals surface area contributed by atoms with Gasteiger partial charge in [0.05, 0.1) is 0 Å². The minimum Gasteiger partial charge on any atom is -0.314 e. The average molecular weight is 252 g/mol. The molecule has 106 valence electrons. The molecule has 0 radical (unpaired) electrons. The second-order valence-electron chi connectivity index (χ2n) is 7.16. The predicted molar refractivity (Wildman–Crippen MR) is 78.8 cm³/mol. The van der Waals surface area contributed by atoms with E-state index >= 15 is 0 Å². The Balaban J connectivity index is 1.86. The molecule has 0 aromatic carbocycles. The highest BCUT2D eigenvalue weighted by Gasteiger charge is 2.33. The van der Waals surface area contributed by atoms with Gasteiger partial charge >= 0.3 is 0 Å². The largest absolute Gasteiger partial charge is 0.314 e. The molecule has 0 aromatic rings. The molecule has 2 nitrogen and oxygen atoms in total. The fourth-order valence-corrected chi connectivity index (χ4v) is 3.43. The molecule has 1 heterocycles. The van der Waals surface area contributed by atoms with Crippen LogP contribution in [0.1, 0.15) is 53.9 Å². The lowest BCUT2D eigenvalue weighted by Gasteiger charge is -2.46. The summed E-state index contributed by atoms with van der Waals surface area (Å²) in [4.78, 5) is 2.76. The molecule has 2 aliphatic rings. The van der Waals surface area contributed by atoms with E-state index < -0.39 is 0 Å². The second-order valence-corrected chi connectivity index (χ2v) is 7.16. The topological polar surface area (TPSA) is 15.3 Å². The van der Waals surface area contributed by atoms with Crippen LogP contribution in [0.15, 0.2) is 0 Å². The van der Waals surface area contributed by atoms with Gasteiger partial charge in [-0.3, -0.25) is 4.90 Å². The van der Waals surface area contributed by atoms with Gasteiger partial charge in [0.1, 0.15) is 0 Å². The van der Waals surface area contributed by atoms with Crippen molar-refractivity contribution in [3.63, 3.8) is 0 Å². The van der Waals surface area contributed by atoms with Crippen molar-refractivity contribution in [3.8, 4) is 0 Å². The third kappa shape index (κ3) is 3.48. The summed E-state index contributed by atoms with van der Waals surface area (Å²) >= 11 is 0. The van der Waals surface area contributed by atoms with Crippen LogP contribution < -0.4 is 5.32 Å². The van der Waals surface area contributed by atoms with Crippen molar-refractivity contribution >= 4 is 0 Å². The van der Waals surface area contributed by atoms with E-state index in [0.717, 1.165) is 29.8 Å². The summed E-state index contributed by atoms with van der Waals surface area (Å²) in [5, 5.41) is 3.69. The normalized spacial score (nSPS) is 37.5. The van der Waals surface area contributed by atoms with E-state index in [1.807, 2.05) is 0 Å². The van der Waals surface area contributed by atoms with Crippen molar-refractivity contribution in [2.75, 3.05) is 13.1 Å². The number of nitrogens with one attached hydrogen (secondary N) is 1. The van der Waals surface area contributed by atoms with Gasteiger partial charge in [0.25, 0.3) is 0 Å². The van der Waals surface area contributed by atoms with Crippen LogP contribution in [0.5, 0.6) is 0 Å². The molecule has 5 unspecified atom stereocenters. The molecule has 0 spiro atoms. The number of nitrogens with zero attached hydrogens (tertiary/aromatic N) is 1. The Morgan fingerprint density at radius 1 is 1.17 bits per heavy atom. The molecule has 1 saturated heterocycles. The van der Waals surface area contributed by atoms with Crippen LogP contribution in [-0.4, -0.2) is 36.1 Å². The van der Waals surface area contributed by atoms with Gasteiger partial charge in [-0.05, 0) is 57.4 Å². The molecular weight excluding hydrogens is 220 g/mol. The van der Waals surface area contributed by atoms with E-state index in [0.29, 0.717) is 6.04 Å². The Hall–Kier alpha value is -0.0800. The molecule has 18 heavy (non-hydrogen) atoms. The maximum absolute atomic E-state index is 3.69. The number of hydrogen-bond acceptors (Lipinski definition) is 2. The van der Waals surface area contributed by atoms with Crippen molar-refractivity contribution in [1.82, 2.24) is 10.2 Å². The molecule has 0 bridgehead atoms. The van der Waals surface area contributed by atoms with Gasteiger partial charge in [0, 0.05) is 24.7 Å². The summed E-state index contributed by atoms with van der Waals surface area (Å²) < 4.78 is 0. The van der Waals surface area contributed by atoms with Crippen molar-refractivity contribution in [2.24, 2.45) is 17.8 Å². The first-order chi connectivity index (χ1) is 8.49. The zero-order valence-corrected chi connectivity index (χ0v) is 12.9. The molecule has 1 saturated carbocycles. The van der Waals surface area contributed by atoms with Gasteiger partial charge in [-0.1, -0.05) is 20.8 Å². The van der Waals surface area contributed by atoms with E-state index in [-0.39, 0.29) is 0 Å². The van der Waals surface area contributed by atoms with Crippen LogP contribution in [0.2, 0.25) is 0 Å². The fraction of sp³-hybridized carbons (Fsp3) is 1.00. The van der Waals surface area contributed by atoms with E-state index in [2.05, 4.69) is 44.8 Å². The molecule has 1 N–H and O–H groups in total. The van der Waals surface area contributed by atoms with E-state index in [1.165, 1.54) is 32.4 Å². The molecule has 1 aliphatic heterocycles. The third-order valence-corrected chi connectivity index (χ3v) is 5.30. The van der Waals surface area contributed by atoms with Gasteiger partial charge in [-0.15, -0.1) is 0 Å². The lowest BCUT2D eigenvalue weighted by molar-refractivity contribution is 0.0269. The van der Waals surface area contributed by atoms with E-state index in [4.69, 9.17) is 0 Å². The molecule has 0 aromatic heterocycles. The van der Waals surface area contributed by atoms with Gasteiger partial charge in [0.2, 0.25) is 0 Å². The van der Waals surface area contributed by atoms with Gasteiger partial charge in [0.15, 0.2) is 0 Å². The van der Waals surface area contributed by atoms with Crippen LogP contribution in [0.4, 0.5) is 0 Å². The minimum atomic E-state index is 0.705. The summed E-state index contributed by atoms with van der Waals surface area (Å²) in [7, 11) is 0. The quantitative estimate of drug-likeness (QED) is 0.809. The van der Waals surface area contributed by atoms with E-state index in [1.54, 1.807) is 0 Å². The molecule has 0 amide bonds. The summed E-state index contributed by atoms with van der Waals surface area (Å²) in [6, 6.07) is 2.30. The highest BCUT2D eigenvalue weighted by molar-refractivity contribution is 4.88. The Morgan fingerprint density at radius 3 is 2.44 bits per heavy atom. The van der Waals surface area contributed by atoms with Crippen LogP contribution in [0.3, 0.4) is 0 Å². The van der Waals surface area contributed by atoms with Gasteiger partial charge in [-0.2, -0.15) is 0 Å². The predicted octanol–water partition coefficient (Wildman–Crippen LogP) is 3.13. The number of piperidine rings is 1. The maximum Gasteiger partial charge on any atom is 0.0108 e. The number of likely N-dealkylation sites (tertiary alicyclic amines) is 1. The summed E-state index contributed by atoms with van der Waals surface area (Å²) in [5.74, 6) is 2.47. The fourth-order valence-electron chi connectivity index (χ4n) is 3.43. The van der Waals surface area contributed by atoms with Crippen LogP contribution >= 0.6 is 0 Å². The standard InChI is InChI=1S/C16H32N2/c1-11-8-12(2)14(4)18(10-11)15(5)13(3)9-17-16-6-7-16/h11-17H,6-10H2,1-5H3. The van der Waals surface area contributed by atoms with Gasteiger partial charge in [-0.25, -0.2) is 0 Å². The molecule has 2 heteroatoms. The summed E-state index contributed by atoms with van der Waals surface area (Å²) in [6.45, 7) is 14.6. The third-order valence-electron chi connectivity index (χ3n) is 5.30. The first kappa shape index (κ1) is 14.3. The molecule has 2 rings (SSSR count). The SMILES string of the molecule is CC1CC(C)C(C)N(C(C)C(C)CNC2CC2)C1. The lowest BCUT2D eigenvalue weighted by Crippen LogP contribution is -2.53. The van der Waals surface area contributed by atoms with Crippen molar-refractivity contribution in [3.05, 3.63) is 0 Å². The Labute approximate surface area is 114 Å². The zero-order valence-electron chi connectivity index (χ0n) is 12.9. The Morgan fingerprint density at radius 2 is 1.83 bits per heavy atom. The minimum absolute atomic E-state index is 0.705. The first-order valence-electron chi connectivity index (χ1n) is 7.98. The monoisotopic (exact) mass is 252 g/mol. The molecule has 2 fully saturated rings. The zero-order chi connectivity index (χ0) is 13.3. The first-order valence-corrected chi connectivity index (χ1v) is 7.98. The van der Waals surface area contributed by atoms with Crippen molar-refractivity contribution in [2.45, 2.75) is 72.0 Å². The van der Waals surface area contributed by atoms with Crippen molar-refractivity contribution in [1.29, 1.82) is 0 Å².